The molecule has 1 amide bonds. The molecule has 7 nitrogen and oxygen atoms in total. The minimum absolute atomic E-state index is 0.262. The Bertz CT molecular complexity index is 923. The summed E-state index contributed by atoms with van der Waals surface area (Å²) in [7, 11) is 3.08. The Morgan fingerprint density at radius 3 is 2.74 bits per heavy atom. The van der Waals surface area contributed by atoms with Crippen LogP contribution in [0.4, 0.5) is 5.13 Å². The van der Waals surface area contributed by atoms with Gasteiger partial charge < -0.3 is 13.9 Å². The number of methoxy groups -OCH3 is 2. The van der Waals surface area contributed by atoms with E-state index >= 15 is 0 Å². The van der Waals surface area contributed by atoms with E-state index in [2.05, 4.69) is 15.3 Å². The highest BCUT2D eigenvalue weighted by Crippen LogP contribution is 2.31. The van der Waals surface area contributed by atoms with E-state index < -0.39 is 0 Å². The van der Waals surface area contributed by atoms with Gasteiger partial charge >= 0.3 is 0 Å². The van der Waals surface area contributed by atoms with E-state index in [1.165, 1.54) is 18.4 Å². The predicted molar refractivity (Wildman–Crippen MR) is 105 cm³/mol. The van der Waals surface area contributed by atoms with E-state index in [4.69, 9.17) is 13.9 Å². The lowest BCUT2D eigenvalue weighted by molar-refractivity contribution is 0.102. The monoisotopic (exact) mass is 405 g/mol. The number of carbonyl (C=O) groups is 1. The summed E-state index contributed by atoms with van der Waals surface area (Å²) >= 11 is 2.96. The fourth-order valence-electron chi connectivity index (χ4n) is 2.24. The summed E-state index contributed by atoms with van der Waals surface area (Å²) in [6, 6.07) is 5.00. The Hall–Kier alpha value is -2.52. The summed E-state index contributed by atoms with van der Waals surface area (Å²) in [5.41, 5.74) is 0.462. The van der Waals surface area contributed by atoms with Gasteiger partial charge in [-0.2, -0.15) is 0 Å². The molecule has 27 heavy (non-hydrogen) atoms. The van der Waals surface area contributed by atoms with Crippen molar-refractivity contribution in [1.82, 2.24) is 9.97 Å². The van der Waals surface area contributed by atoms with Crippen LogP contribution in [0, 0.1) is 0 Å². The van der Waals surface area contributed by atoms with Crippen molar-refractivity contribution in [2.75, 3.05) is 19.5 Å². The van der Waals surface area contributed by atoms with Crippen LogP contribution in [0.1, 0.15) is 28.9 Å². The van der Waals surface area contributed by atoms with Crippen molar-refractivity contribution >= 4 is 34.1 Å². The van der Waals surface area contributed by atoms with Crippen LogP contribution in [0.5, 0.6) is 11.5 Å². The topological polar surface area (TPSA) is 86.5 Å². The number of oxazole rings is 1. The van der Waals surface area contributed by atoms with Crippen molar-refractivity contribution < 1.29 is 18.7 Å². The van der Waals surface area contributed by atoms with E-state index in [-0.39, 0.29) is 5.91 Å². The highest BCUT2D eigenvalue weighted by molar-refractivity contribution is 8.00. The molecule has 2 aromatic heterocycles. The molecule has 3 aromatic rings. The average molecular weight is 406 g/mol. The smallest absolute Gasteiger partial charge is 0.257 e. The molecular formula is C18H19N3O4S2. The number of amides is 1. The molecule has 1 N–H and O–H groups in total. The molecule has 0 aliphatic heterocycles. The zero-order chi connectivity index (χ0) is 19.2. The van der Waals surface area contributed by atoms with Gasteiger partial charge in [-0.3, -0.25) is 10.1 Å². The summed E-state index contributed by atoms with van der Waals surface area (Å²) in [6.45, 7) is 2.02. The van der Waals surface area contributed by atoms with Gasteiger partial charge in [-0.25, -0.2) is 9.97 Å². The summed E-state index contributed by atoms with van der Waals surface area (Å²) in [5, 5.41) is 3.33. The van der Waals surface area contributed by atoms with Gasteiger partial charge in [-0.15, -0.1) is 11.8 Å². The molecule has 0 aliphatic carbocycles. The first kappa shape index (κ1) is 19.2. The van der Waals surface area contributed by atoms with Crippen LogP contribution in [0.2, 0.25) is 0 Å². The first-order chi connectivity index (χ1) is 13.1. The van der Waals surface area contributed by atoms with Gasteiger partial charge in [0.2, 0.25) is 5.89 Å². The van der Waals surface area contributed by atoms with Gasteiger partial charge in [0.25, 0.3) is 5.91 Å². The molecule has 0 aliphatic rings. The lowest BCUT2D eigenvalue weighted by Crippen LogP contribution is -2.11. The highest BCUT2D eigenvalue weighted by Gasteiger charge is 2.13. The standard InChI is InChI=1S/C18H19N3O4S2/c1-4-12-8-19-15(25-12)10-26-16-9-20-18(27-16)21-17(22)11-5-6-13(23-2)14(7-11)24-3/h5-9H,4,10H2,1-3H3,(H,20,21,22). The summed E-state index contributed by atoms with van der Waals surface area (Å²) in [4.78, 5) is 20.9. The zero-order valence-corrected chi connectivity index (χ0v) is 16.8. The molecule has 0 radical (unpaired) electrons. The molecule has 0 saturated heterocycles. The number of aryl methyl sites for hydroxylation is 1. The Labute approximate surface area is 165 Å². The van der Waals surface area contributed by atoms with Gasteiger partial charge in [-0.1, -0.05) is 18.3 Å². The van der Waals surface area contributed by atoms with Gasteiger partial charge in [0, 0.05) is 12.0 Å². The van der Waals surface area contributed by atoms with Crippen LogP contribution in [-0.4, -0.2) is 30.1 Å². The highest BCUT2D eigenvalue weighted by atomic mass is 32.2. The number of hydrogen-bond acceptors (Lipinski definition) is 8. The summed E-state index contributed by atoms with van der Waals surface area (Å²) < 4.78 is 17.0. The van der Waals surface area contributed by atoms with Crippen molar-refractivity contribution in [1.29, 1.82) is 0 Å². The second-order valence-corrected chi connectivity index (χ2v) is 7.68. The molecule has 1 aromatic carbocycles. The number of nitrogens with zero attached hydrogens (tertiary/aromatic N) is 2. The number of aromatic nitrogens is 2. The van der Waals surface area contributed by atoms with Crippen molar-refractivity contribution in [3.05, 3.63) is 47.8 Å². The maximum Gasteiger partial charge on any atom is 0.257 e. The fourth-order valence-corrected chi connectivity index (χ4v) is 3.96. The Morgan fingerprint density at radius 2 is 2.04 bits per heavy atom. The second-order valence-electron chi connectivity index (χ2n) is 5.37. The summed E-state index contributed by atoms with van der Waals surface area (Å²) in [5.74, 6) is 2.98. The normalized spacial score (nSPS) is 10.6. The number of anilines is 1. The number of benzene rings is 1. The van der Waals surface area contributed by atoms with Crippen molar-refractivity contribution in [3.63, 3.8) is 0 Å². The SMILES string of the molecule is CCc1cnc(CSc2cnc(NC(=O)c3ccc(OC)c(OC)c3)s2)o1. The van der Waals surface area contributed by atoms with E-state index in [9.17, 15) is 4.79 Å². The van der Waals surface area contributed by atoms with Crippen molar-refractivity contribution in [2.24, 2.45) is 0 Å². The van der Waals surface area contributed by atoms with Gasteiger partial charge in [0.15, 0.2) is 16.6 Å². The minimum Gasteiger partial charge on any atom is -0.493 e. The predicted octanol–water partition coefficient (Wildman–Crippen LogP) is 4.26. The molecule has 0 unspecified atom stereocenters. The fraction of sp³-hybridized carbons (Fsp3) is 0.278. The van der Waals surface area contributed by atoms with Crippen LogP contribution < -0.4 is 14.8 Å². The molecule has 2 heterocycles. The molecule has 9 heteroatoms. The largest absolute Gasteiger partial charge is 0.493 e. The molecule has 0 spiro atoms. The average Bonchev–Trinajstić information content (AvgIpc) is 3.34. The number of rotatable bonds is 8. The van der Waals surface area contributed by atoms with Crippen molar-refractivity contribution in [3.8, 4) is 11.5 Å². The molecule has 0 saturated carbocycles. The van der Waals surface area contributed by atoms with Crippen LogP contribution in [0.25, 0.3) is 0 Å². The van der Waals surface area contributed by atoms with E-state index in [0.29, 0.717) is 33.8 Å². The quantitative estimate of drug-likeness (QED) is 0.561. The van der Waals surface area contributed by atoms with Crippen LogP contribution >= 0.6 is 23.1 Å². The van der Waals surface area contributed by atoms with Crippen molar-refractivity contribution in [2.45, 2.75) is 23.3 Å². The number of thioether (sulfide) groups is 1. The third kappa shape index (κ3) is 4.81. The zero-order valence-electron chi connectivity index (χ0n) is 15.1. The van der Waals surface area contributed by atoms with Gasteiger partial charge in [0.1, 0.15) is 5.76 Å². The molecule has 0 atom stereocenters. The van der Waals surface area contributed by atoms with E-state index in [1.807, 2.05) is 6.92 Å². The van der Waals surface area contributed by atoms with Crippen LogP contribution in [0.3, 0.4) is 0 Å². The number of ether oxygens (including phenoxy) is 2. The first-order valence-electron chi connectivity index (χ1n) is 8.18. The van der Waals surface area contributed by atoms with Crippen LogP contribution in [-0.2, 0) is 12.2 Å². The molecule has 0 fully saturated rings. The number of nitrogens with one attached hydrogen (secondary N) is 1. The maximum atomic E-state index is 12.4. The Balaban J connectivity index is 1.60. The van der Waals surface area contributed by atoms with E-state index in [0.717, 1.165) is 16.4 Å². The molecular weight excluding hydrogens is 386 g/mol. The Kier molecular flexibility index (Phi) is 6.36. The number of hydrogen-bond donors (Lipinski definition) is 1. The minimum atomic E-state index is -0.262. The lowest BCUT2D eigenvalue weighted by atomic mass is 10.2. The third-order valence-electron chi connectivity index (χ3n) is 3.64. The van der Waals surface area contributed by atoms with Gasteiger partial charge in [0.05, 0.1) is 36.6 Å². The third-order valence-corrected chi connectivity index (χ3v) is 5.73. The van der Waals surface area contributed by atoms with Gasteiger partial charge in [-0.05, 0) is 18.2 Å². The number of carbonyl (C=O) groups excluding carboxylic acids is 1. The lowest BCUT2D eigenvalue weighted by Gasteiger charge is -2.09. The van der Waals surface area contributed by atoms with E-state index in [1.54, 1.807) is 49.5 Å². The maximum absolute atomic E-state index is 12.4. The molecule has 0 bridgehead atoms. The summed E-state index contributed by atoms with van der Waals surface area (Å²) in [6.07, 6.45) is 4.30. The molecule has 3 rings (SSSR count). The number of thiazole rings is 1. The first-order valence-corrected chi connectivity index (χ1v) is 9.98. The molecule has 142 valence electrons. The second kappa shape index (κ2) is 8.92. The Morgan fingerprint density at radius 1 is 1.22 bits per heavy atom. The van der Waals surface area contributed by atoms with Crippen LogP contribution in [0.15, 0.2) is 39.2 Å².